The summed E-state index contributed by atoms with van der Waals surface area (Å²) in [6.07, 6.45) is 21.5. The van der Waals surface area contributed by atoms with E-state index in [1.807, 2.05) is 86.6 Å². The predicted molar refractivity (Wildman–Crippen MR) is 513 cm³/mol. The Balaban J connectivity index is 0.000000168. The molecule has 8 aliphatic rings. The lowest BCUT2D eigenvalue weighted by atomic mass is 9.87. The lowest BCUT2D eigenvalue weighted by Crippen LogP contribution is -2.49. The van der Waals surface area contributed by atoms with Crippen LogP contribution in [0.15, 0.2) is 77.7 Å². The van der Waals surface area contributed by atoms with E-state index >= 15 is 4.39 Å². The van der Waals surface area contributed by atoms with Crippen molar-refractivity contribution >= 4 is 53.9 Å². The van der Waals surface area contributed by atoms with Gasteiger partial charge in [-0.3, -0.25) is 38.2 Å². The van der Waals surface area contributed by atoms with Gasteiger partial charge in [0.25, 0.3) is 12.4 Å². The van der Waals surface area contributed by atoms with Crippen molar-refractivity contribution < 1.29 is 109 Å². The Labute approximate surface area is 818 Å². The largest absolute Gasteiger partial charge is 0.489 e. The Morgan fingerprint density at radius 3 is 1.14 bits per heavy atom. The van der Waals surface area contributed by atoms with E-state index in [4.69, 9.17) is 61.8 Å². The number of esters is 4. The van der Waals surface area contributed by atoms with Crippen molar-refractivity contribution in [2.24, 2.45) is 49.8 Å². The molecule has 0 aromatic carbocycles. The lowest BCUT2D eigenvalue weighted by molar-refractivity contribution is -0.155. The number of alkyl halides is 2. The van der Waals surface area contributed by atoms with Gasteiger partial charge in [0.15, 0.2) is 5.75 Å². The van der Waals surface area contributed by atoms with Crippen LogP contribution < -0.4 is 18.9 Å². The number of amides is 3. The number of aromatic nitrogens is 10. The highest BCUT2D eigenvalue weighted by Crippen LogP contribution is 2.41. The van der Waals surface area contributed by atoms with Crippen molar-refractivity contribution in [1.29, 1.82) is 0 Å². The maximum Gasteiger partial charge on any atom is 0.410 e. The summed E-state index contributed by atoms with van der Waals surface area (Å²) in [6.45, 7) is 21.6. The first-order chi connectivity index (χ1) is 67.0. The molecule has 2 aliphatic heterocycles. The van der Waals surface area contributed by atoms with E-state index in [-0.39, 0.29) is 176 Å². The van der Waals surface area contributed by atoms with Gasteiger partial charge in [-0.05, 0) is 253 Å². The second kappa shape index (κ2) is 50.6. The number of aliphatic hydroxyl groups is 1. The summed E-state index contributed by atoms with van der Waals surface area (Å²) in [5, 5.41) is 22.3. The molecule has 7 fully saturated rings. The van der Waals surface area contributed by atoms with Gasteiger partial charge in [-0.15, -0.1) is 0 Å². The molecular weight excluding hydrogens is 1810 g/mol. The van der Waals surface area contributed by atoms with Crippen LogP contribution in [-0.2, 0) is 98.0 Å². The minimum absolute atomic E-state index is 0.000777. The number of aliphatic imine (C=N–C) groups is 1. The summed E-state index contributed by atoms with van der Waals surface area (Å²) >= 11 is 0. The quantitative estimate of drug-likeness (QED) is 0.0239. The summed E-state index contributed by atoms with van der Waals surface area (Å²) in [7, 11) is 10.5. The zero-order valence-corrected chi connectivity index (χ0v) is 84.1. The number of carbonyl (C=O) groups is 7. The maximum atomic E-state index is 15.0. The zero-order chi connectivity index (χ0) is 101. The number of nitrogens with zero attached hydrogens (tertiary/aromatic N) is 14. The molecule has 9 atom stereocenters. The van der Waals surface area contributed by atoms with Crippen molar-refractivity contribution in [3.05, 3.63) is 118 Å². The van der Waals surface area contributed by atoms with E-state index in [0.717, 1.165) is 167 Å². The van der Waals surface area contributed by atoms with Crippen LogP contribution in [0.4, 0.5) is 27.6 Å². The molecule has 140 heavy (non-hydrogen) atoms. The molecule has 3 amide bonds. The van der Waals surface area contributed by atoms with Crippen LogP contribution in [0.2, 0.25) is 0 Å². The molecule has 34 nitrogen and oxygen atoms in total. The monoisotopic (exact) mass is 1950 g/mol. The second-order valence-corrected chi connectivity index (χ2v) is 38.8. The van der Waals surface area contributed by atoms with Crippen LogP contribution in [0.5, 0.6) is 23.0 Å². The fraction of sp³-hybridized carbons (Fsp3) is 0.621. The van der Waals surface area contributed by atoms with Gasteiger partial charge in [-0.25, -0.2) is 43.1 Å². The number of rotatable bonds is 31. The third-order valence-corrected chi connectivity index (χ3v) is 26.9. The van der Waals surface area contributed by atoms with Gasteiger partial charge in [-0.1, -0.05) is 25.7 Å². The van der Waals surface area contributed by atoms with E-state index in [9.17, 15) is 47.4 Å². The molecule has 7 aromatic rings. The first-order valence-corrected chi connectivity index (χ1v) is 49.5. The third kappa shape index (κ3) is 29.0. The van der Waals surface area contributed by atoms with Gasteiger partial charge < -0.3 is 76.6 Å². The molecule has 9 heterocycles. The highest BCUT2D eigenvalue weighted by molar-refractivity contribution is 6.12. The van der Waals surface area contributed by atoms with E-state index in [0.29, 0.717) is 85.7 Å². The Hall–Kier alpha value is -11.8. The lowest BCUT2D eigenvalue weighted by Gasteiger charge is -2.33. The number of halogens is 3. The average Bonchev–Trinajstić information content (AvgIpc) is 1.63. The van der Waals surface area contributed by atoms with Crippen LogP contribution in [0, 0.1) is 43.5 Å². The molecule has 7 aromatic heterocycles. The number of pyridine rings is 4. The van der Waals surface area contributed by atoms with Gasteiger partial charge in [0.2, 0.25) is 0 Å². The van der Waals surface area contributed by atoms with Gasteiger partial charge in [0, 0.05) is 88.4 Å². The summed E-state index contributed by atoms with van der Waals surface area (Å²) in [5.41, 5.74) is 8.79. The van der Waals surface area contributed by atoms with E-state index in [2.05, 4.69) is 35.2 Å². The first kappa shape index (κ1) is 107. The van der Waals surface area contributed by atoms with E-state index in [1.165, 1.54) is 12.3 Å². The molecule has 0 spiro atoms. The molecule has 6 saturated carbocycles. The minimum atomic E-state index is -2.87. The topological polar surface area (TPSA) is 378 Å². The Kier molecular flexibility index (Phi) is 38.7. The van der Waals surface area contributed by atoms with Crippen molar-refractivity contribution in [2.75, 3.05) is 41.0 Å². The molecule has 1 saturated heterocycles. The number of allylic oxidation sites excluding steroid dienone is 1. The summed E-state index contributed by atoms with van der Waals surface area (Å²) in [5.74, 6) is -0.818. The van der Waals surface area contributed by atoms with Gasteiger partial charge in [0.05, 0.1) is 174 Å². The second-order valence-electron chi connectivity index (χ2n) is 38.8. The Morgan fingerprint density at radius 2 is 0.764 bits per heavy atom. The molecule has 15 rings (SSSR count). The standard InChI is InChI=1S/C28H38F2N4O5.C27H37FN4O5.C27H37N3O6.C21H29N3O4/c1-17(2)38-27(35)18-8-7-11-20(14-18)39-24-13-12-22(32-25(24)26(29)30)21-15-31-34(4)23(21)16-37-28(36)33(3)19-9-5-6-10-19;1-17(2)36-26(33)18-8-7-11-20(14-18)37-24-13-12-22(30-25(24)28)21-15-29-32(4)23(21)16-35-27(34)31(3)19-9-5-6-10-19;1-16(2)35-26(31)19-7-6-8-21(11-19)36-25-10-9-24(29-18(25)4)22-12-28-17(3)23(22)15-34-27(32)30(5)20-13-33-14-20;1-13(2)27-21(26)15-6-5-7-16(10-15)28-20-9-8-18(23-14(20)3)17-11-22-24(4)19(17)12-25/h12-13,15,17-20,26H,5-11,14,16H2,1-4H3;12-13,15,17-20H,5-11,14,16H2,1-4H3;9-10,12,16-17,19-21H,6-8,11,13-15H2,1-5H3;8-9,11,13,15-16,25H,5-7,10,12H2,1-4H3/t2*18-,20-;17?,19-,21-;15-,16-/m0000/s1. The number of carbonyl (C=O) groups excluding carboxylic acids is 7. The van der Waals surface area contributed by atoms with Crippen molar-refractivity contribution in [1.82, 2.24) is 64.0 Å². The highest BCUT2D eigenvalue weighted by atomic mass is 19.3. The van der Waals surface area contributed by atoms with Gasteiger partial charge in [-0.2, -0.15) is 19.7 Å². The van der Waals surface area contributed by atoms with Gasteiger partial charge >= 0.3 is 42.2 Å². The predicted octanol–water partition coefficient (Wildman–Crippen LogP) is 18.0. The molecule has 0 radical (unpaired) electrons. The number of aryl methyl sites for hydroxylation is 5. The normalized spacial score (nSPS) is 21.0. The molecule has 764 valence electrons. The molecule has 1 N–H and O–H groups in total. The number of aliphatic hydroxyl groups excluding tert-OH is 1. The third-order valence-electron chi connectivity index (χ3n) is 26.9. The zero-order valence-electron chi connectivity index (χ0n) is 84.1. The smallest absolute Gasteiger partial charge is 0.410 e. The SMILES string of the molecule is CC(C)OC(=O)[C@H]1CCC[C@H](Oc2ccc(-c3cnn(C)c3COC(=O)N(C)C3CCCC3)nc2C(F)F)C1.CC(C)OC(=O)[C@H]1CCC[C@H](Oc2ccc(-c3cnn(C)c3COC(=O)N(C)C3CCCC3)nc2F)C1.Cc1nc(-c2cnn(C)c2CO)ccc1O[C@H]1CCC[C@H](C(=O)OC(C)C)C1.Cc1nc(C2=C(COC(=O)N(C)C3COC3)C(C)N=C2)ccc1O[C@H]1CCC[C@H](C(=O)OC(C)C)C1. The molecule has 1 unspecified atom stereocenters. The van der Waals surface area contributed by atoms with Crippen molar-refractivity contribution in [3.8, 4) is 56.8 Å². The Morgan fingerprint density at radius 1 is 0.429 bits per heavy atom. The van der Waals surface area contributed by atoms with Crippen LogP contribution >= 0.6 is 0 Å². The first-order valence-electron chi connectivity index (χ1n) is 49.5. The number of likely N-dealkylation sites (N-methyl/N-ethyl adjacent to an activating group) is 1. The van der Waals surface area contributed by atoms with E-state index in [1.54, 1.807) is 122 Å². The van der Waals surface area contributed by atoms with Gasteiger partial charge in [0.1, 0.15) is 42.8 Å². The molecule has 37 heteroatoms. The fourth-order valence-corrected chi connectivity index (χ4v) is 18.8. The number of ether oxygens (including phenoxy) is 12. The molecule has 6 aliphatic carbocycles. The Bertz CT molecular complexity index is 5410. The highest BCUT2D eigenvalue weighted by Gasteiger charge is 2.39. The van der Waals surface area contributed by atoms with Crippen LogP contribution in [0.3, 0.4) is 0 Å². The average molecular weight is 1950 g/mol. The number of hydrogen-bond donors (Lipinski definition) is 1. The number of hydrogen-bond acceptors (Lipinski definition) is 28. The summed E-state index contributed by atoms with van der Waals surface area (Å²) in [6, 6.07) is 14.3. The fourth-order valence-electron chi connectivity index (χ4n) is 18.8. The minimum Gasteiger partial charge on any atom is -0.489 e. The van der Waals surface area contributed by atoms with Crippen LogP contribution in [0.25, 0.3) is 39.3 Å². The molecular formula is C103H141F3N14O20. The van der Waals surface area contributed by atoms with Crippen molar-refractivity contribution in [3.63, 3.8) is 0 Å². The van der Waals surface area contributed by atoms with Crippen LogP contribution in [-0.4, -0.2) is 231 Å². The summed E-state index contributed by atoms with van der Waals surface area (Å²) in [4.78, 5) is 114. The molecule has 0 bridgehead atoms. The van der Waals surface area contributed by atoms with Crippen LogP contribution in [0.1, 0.15) is 263 Å². The van der Waals surface area contributed by atoms with Crippen molar-refractivity contribution in [2.45, 2.75) is 330 Å². The summed E-state index contributed by atoms with van der Waals surface area (Å²) < 4.78 is 116. The van der Waals surface area contributed by atoms with E-state index < -0.39 is 24.2 Å². The maximum absolute atomic E-state index is 15.0.